The van der Waals surface area contributed by atoms with E-state index in [9.17, 15) is 14.4 Å². The molecule has 10 heteroatoms. The molecule has 2 aliphatic heterocycles. The van der Waals surface area contributed by atoms with Crippen LogP contribution >= 0.6 is 0 Å². The van der Waals surface area contributed by atoms with Crippen molar-refractivity contribution in [2.24, 2.45) is 0 Å². The van der Waals surface area contributed by atoms with Crippen LogP contribution in [0.2, 0.25) is 0 Å². The summed E-state index contributed by atoms with van der Waals surface area (Å²) in [5, 5.41) is 6.24. The van der Waals surface area contributed by atoms with Crippen molar-refractivity contribution in [3.05, 3.63) is 108 Å². The lowest BCUT2D eigenvalue weighted by atomic mass is 10.00. The monoisotopic (exact) mass is 583 g/mol. The second-order valence-electron chi connectivity index (χ2n) is 10.5. The van der Waals surface area contributed by atoms with Gasteiger partial charge in [-0.3, -0.25) is 14.6 Å². The molecule has 43 heavy (non-hydrogen) atoms. The van der Waals surface area contributed by atoms with Crippen LogP contribution in [0, 0.1) is 0 Å². The van der Waals surface area contributed by atoms with Gasteiger partial charge in [-0.2, -0.15) is 5.01 Å². The molecule has 2 fully saturated rings. The first kappa shape index (κ1) is 29.7. The molecule has 0 aliphatic carbocycles. The summed E-state index contributed by atoms with van der Waals surface area (Å²) in [5.74, 6) is 0.819. The van der Waals surface area contributed by atoms with E-state index < -0.39 is 12.2 Å². The van der Waals surface area contributed by atoms with Crippen LogP contribution in [0.3, 0.4) is 0 Å². The van der Waals surface area contributed by atoms with E-state index in [0.29, 0.717) is 31.0 Å². The van der Waals surface area contributed by atoms with Crippen LogP contribution in [-0.2, 0) is 29.1 Å². The Bertz CT molecular complexity index is 1450. The van der Waals surface area contributed by atoms with Gasteiger partial charge in [-0.1, -0.05) is 72.8 Å². The van der Waals surface area contributed by atoms with Crippen molar-refractivity contribution in [3.63, 3.8) is 0 Å². The van der Waals surface area contributed by atoms with Gasteiger partial charge in [0.15, 0.2) is 11.5 Å². The number of benzene rings is 3. The Balaban J connectivity index is 1.44. The molecular weight excluding hydrogens is 546 g/mol. The number of methoxy groups -OCH3 is 2. The van der Waals surface area contributed by atoms with E-state index >= 15 is 0 Å². The largest absolute Gasteiger partial charge is 0.493 e. The standard InChI is InChI=1S/C33H37N5O5/c1-4-17-36(33(41)34-20-25-13-9-6-10-14-25)37-23-31(39)38-27(18-24-11-7-5-8-12-24)32(40)35(22-30(37)38)21-26-15-16-28(42-2)29(19-26)43-3/h4-16,19,27,30H,1,17-18,20-23H2,2-3H3,(H,34,41)/t27-,30+/m0/s1. The predicted molar refractivity (Wildman–Crippen MR) is 162 cm³/mol. The lowest BCUT2D eigenvalue weighted by Gasteiger charge is -2.46. The molecule has 0 unspecified atom stereocenters. The maximum Gasteiger partial charge on any atom is 0.332 e. The van der Waals surface area contributed by atoms with Gasteiger partial charge in [-0.25, -0.2) is 4.79 Å². The van der Waals surface area contributed by atoms with Crippen LogP contribution < -0.4 is 14.8 Å². The fraction of sp³-hybridized carbons (Fsp3) is 0.303. The number of ether oxygens (including phenoxy) is 2. The number of amides is 4. The molecule has 224 valence electrons. The average Bonchev–Trinajstić information content (AvgIpc) is 3.36. The number of hydrazine groups is 1. The number of urea groups is 1. The summed E-state index contributed by atoms with van der Waals surface area (Å²) >= 11 is 0. The average molecular weight is 584 g/mol. The van der Waals surface area contributed by atoms with Gasteiger partial charge < -0.3 is 24.6 Å². The molecule has 3 aromatic carbocycles. The molecule has 1 N–H and O–H groups in total. The van der Waals surface area contributed by atoms with Crippen LogP contribution in [-0.4, -0.2) is 83.7 Å². The van der Waals surface area contributed by atoms with Gasteiger partial charge in [-0.15, -0.1) is 6.58 Å². The molecule has 2 aliphatic rings. The number of nitrogens with zero attached hydrogens (tertiary/aromatic N) is 4. The van der Waals surface area contributed by atoms with Crippen molar-refractivity contribution in [3.8, 4) is 11.5 Å². The first-order valence-electron chi connectivity index (χ1n) is 14.2. The van der Waals surface area contributed by atoms with Crippen LogP contribution in [0.4, 0.5) is 4.79 Å². The molecule has 2 saturated heterocycles. The van der Waals surface area contributed by atoms with Gasteiger partial charge >= 0.3 is 6.03 Å². The number of carbonyl (C=O) groups excluding carboxylic acids is 3. The molecule has 0 bridgehead atoms. The van der Waals surface area contributed by atoms with E-state index in [1.165, 1.54) is 5.01 Å². The number of piperazine rings is 1. The molecule has 0 aromatic heterocycles. The van der Waals surface area contributed by atoms with Crippen molar-refractivity contribution < 1.29 is 23.9 Å². The van der Waals surface area contributed by atoms with Crippen LogP contribution in [0.5, 0.6) is 11.5 Å². The topological polar surface area (TPSA) is 94.7 Å². The first-order chi connectivity index (χ1) is 20.9. The van der Waals surface area contributed by atoms with E-state index in [-0.39, 0.29) is 37.5 Å². The van der Waals surface area contributed by atoms with Crippen molar-refractivity contribution >= 4 is 17.8 Å². The number of fused-ring (bicyclic) bond motifs is 1. The van der Waals surface area contributed by atoms with Gasteiger partial charge in [0.25, 0.3) is 0 Å². The highest BCUT2D eigenvalue weighted by Gasteiger charge is 2.52. The van der Waals surface area contributed by atoms with E-state index in [1.807, 2.05) is 78.9 Å². The van der Waals surface area contributed by atoms with Gasteiger partial charge in [0.2, 0.25) is 11.8 Å². The van der Waals surface area contributed by atoms with E-state index in [2.05, 4.69) is 11.9 Å². The summed E-state index contributed by atoms with van der Waals surface area (Å²) in [5.41, 5.74) is 2.76. The van der Waals surface area contributed by atoms with Crippen LogP contribution in [0.1, 0.15) is 16.7 Å². The maximum atomic E-state index is 14.0. The minimum Gasteiger partial charge on any atom is -0.493 e. The number of hydrogen-bond donors (Lipinski definition) is 1. The fourth-order valence-corrected chi connectivity index (χ4v) is 5.72. The van der Waals surface area contributed by atoms with Gasteiger partial charge in [0.1, 0.15) is 12.2 Å². The maximum absolute atomic E-state index is 14.0. The summed E-state index contributed by atoms with van der Waals surface area (Å²) in [4.78, 5) is 44.6. The van der Waals surface area contributed by atoms with E-state index in [4.69, 9.17) is 9.47 Å². The highest BCUT2D eigenvalue weighted by molar-refractivity contribution is 5.91. The van der Waals surface area contributed by atoms with Gasteiger partial charge in [-0.05, 0) is 28.8 Å². The predicted octanol–water partition coefficient (Wildman–Crippen LogP) is 3.44. The zero-order valence-corrected chi connectivity index (χ0v) is 24.5. The fourth-order valence-electron chi connectivity index (χ4n) is 5.72. The molecule has 2 atom stereocenters. The van der Waals surface area contributed by atoms with Crippen molar-refractivity contribution in [2.75, 3.05) is 33.9 Å². The molecule has 2 heterocycles. The Morgan fingerprint density at radius 2 is 1.63 bits per heavy atom. The summed E-state index contributed by atoms with van der Waals surface area (Å²) in [6.07, 6.45) is 1.45. The smallest absolute Gasteiger partial charge is 0.332 e. The molecule has 0 spiro atoms. The summed E-state index contributed by atoms with van der Waals surface area (Å²) in [6, 6.07) is 23.8. The number of nitrogens with one attached hydrogen (secondary N) is 1. The van der Waals surface area contributed by atoms with Crippen molar-refractivity contribution in [2.45, 2.75) is 31.7 Å². The number of hydrogen-bond acceptors (Lipinski definition) is 6. The van der Waals surface area contributed by atoms with Crippen LogP contribution in [0.25, 0.3) is 0 Å². The quantitative estimate of drug-likeness (QED) is 0.348. The summed E-state index contributed by atoms with van der Waals surface area (Å²) in [6.45, 7) is 4.89. The lowest BCUT2D eigenvalue weighted by Crippen LogP contribution is -2.66. The molecule has 0 saturated carbocycles. The van der Waals surface area contributed by atoms with Crippen molar-refractivity contribution in [1.82, 2.24) is 25.1 Å². The molecule has 10 nitrogen and oxygen atoms in total. The summed E-state index contributed by atoms with van der Waals surface area (Å²) < 4.78 is 10.9. The third-order valence-corrected chi connectivity index (χ3v) is 7.79. The molecule has 4 amide bonds. The molecule has 3 aromatic rings. The Morgan fingerprint density at radius 1 is 0.953 bits per heavy atom. The van der Waals surface area contributed by atoms with Gasteiger partial charge in [0, 0.05) is 19.5 Å². The molecule has 0 radical (unpaired) electrons. The zero-order chi connectivity index (χ0) is 30.3. The third-order valence-electron chi connectivity index (χ3n) is 7.79. The molecular formula is C33H37N5O5. The minimum absolute atomic E-state index is 0.0277. The summed E-state index contributed by atoms with van der Waals surface area (Å²) in [7, 11) is 3.14. The minimum atomic E-state index is -0.725. The SMILES string of the molecule is C=CCN(C(=O)NCc1ccccc1)N1CC(=O)N2[C@@H](Cc3ccccc3)C(=O)N(Cc3ccc(OC)c(OC)c3)C[C@@H]21. The Morgan fingerprint density at radius 3 is 2.28 bits per heavy atom. The lowest BCUT2D eigenvalue weighted by molar-refractivity contribution is -0.157. The number of rotatable bonds is 11. The Labute approximate surface area is 252 Å². The highest BCUT2D eigenvalue weighted by Crippen LogP contribution is 2.32. The highest BCUT2D eigenvalue weighted by atomic mass is 16.5. The van der Waals surface area contributed by atoms with E-state index in [1.54, 1.807) is 35.1 Å². The third kappa shape index (κ3) is 6.49. The molecule has 5 rings (SSSR count). The van der Waals surface area contributed by atoms with Crippen molar-refractivity contribution in [1.29, 1.82) is 0 Å². The Kier molecular flexibility index (Phi) is 9.26. The normalized spacial score (nSPS) is 18.3. The second kappa shape index (κ2) is 13.4. The van der Waals surface area contributed by atoms with Crippen LogP contribution in [0.15, 0.2) is 91.5 Å². The van der Waals surface area contributed by atoms with E-state index in [0.717, 1.165) is 16.7 Å². The number of carbonyl (C=O) groups is 3. The first-order valence-corrected chi connectivity index (χ1v) is 14.2. The zero-order valence-electron chi connectivity index (χ0n) is 24.5. The van der Waals surface area contributed by atoms with Gasteiger partial charge in [0.05, 0.1) is 33.9 Å². The Hall–Kier alpha value is -4.83. The second-order valence-corrected chi connectivity index (χ2v) is 10.5.